The highest BCUT2D eigenvalue weighted by Gasteiger charge is 2.32. The lowest BCUT2D eigenvalue weighted by atomic mass is 10.1. The Morgan fingerprint density at radius 1 is 1.34 bits per heavy atom. The largest absolute Gasteiger partial charge is 0.493 e. The van der Waals surface area contributed by atoms with Crippen LogP contribution >= 0.6 is 11.6 Å². The SMILES string of the molecule is COc1cc(/C=C/C(=O)N(Cc2ccco2)CC(F)(F)F)cc(Cl)c1OC(C)C. The van der Waals surface area contributed by atoms with E-state index in [1.54, 1.807) is 6.07 Å². The van der Waals surface area contributed by atoms with Crippen LogP contribution < -0.4 is 9.47 Å². The molecule has 0 N–H and O–H groups in total. The molecule has 29 heavy (non-hydrogen) atoms. The number of rotatable bonds is 8. The first-order valence-electron chi connectivity index (χ1n) is 8.69. The predicted molar refractivity (Wildman–Crippen MR) is 103 cm³/mol. The van der Waals surface area contributed by atoms with Crippen molar-refractivity contribution < 1.29 is 31.9 Å². The van der Waals surface area contributed by atoms with Crippen LogP contribution in [0, 0.1) is 0 Å². The van der Waals surface area contributed by atoms with Crippen LogP contribution in [0.1, 0.15) is 25.2 Å². The van der Waals surface area contributed by atoms with Crippen LogP contribution in [-0.4, -0.2) is 36.7 Å². The minimum Gasteiger partial charge on any atom is -0.493 e. The Hall–Kier alpha value is -2.61. The Kier molecular flexibility index (Phi) is 7.61. The fourth-order valence-electron chi connectivity index (χ4n) is 2.48. The first kappa shape index (κ1) is 22.7. The first-order chi connectivity index (χ1) is 13.6. The zero-order valence-electron chi connectivity index (χ0n) is 16.1. The maximum Gasteiger partial charge on any atom is 0.406 e. The Bertz CT molecular complexity index is 848. The number of methoxy groups -OCH3 is 1. The summed E-state index contributed by atoms with van der Waals surface area (Å²) in [5.74, 6) is 0.123. The van der Waals surface area contributed by atoms with Gasteiger partial charge in [0.15, 0.2) is 11.5 Å². The second-order valence-electron chi connectivity index (χ2n) is 6.42. The fraction of sp³-hybridized carbons (Fsp3) is 0.350. The van der Waals surface area contributed by atoms with Crippen molar-refractivity contribution in [3.63, 3.8) is 0 Å². The Morgan fingerprint density at radius 2 is 2.07 bits per heavy atom. The quantitative estimate of drug-likeness (QED) is 0.530. The van der Waals surface area contributed by atoms with Crippen LogP contribution in [0.2, 0.25) is 5.02 Å². The number of halogens is 4. The lowest BCUT2D eigenvalue weighted by molar-refractivity contribution is -0.159. The minimum atomic E-state index is -4.54. The van der Waals surface area contributed by atoms with Gasteiger partial charge in [0, 0.05) is 6.08 Å². The fourth-order valence-corrected chi connectivity index (χ4v) is 2.74. The predicted octanol–water partition coefficient (Wildman–Crippen LogP) is 5.33. The van der Waals surface area contributed by atoms with Gasteiger partial charge in [-0.2, -0.15) is 13.2 Å². The minimum absolute atomic E-state index is 0.137. The molecule has 2 rings (SSSR count). The van der Waals surface area contributed by atoms with E-state index in [-0.39, 0.29) is 23.4 Å². The summed E-state index contributed by atoms with van der Waals surface area (Å²) in [5, 5.41) is 0.257. The van der Waals surface area contributed by atoms with Crippen LogP contribution in [0.4, 0.5) is 13.2 Å². The molecule has 9 heteroatoms. The molecule has 0 fully saturated rings. The van der Waals surface area contributed by atoms with Crippen molar-refractivity contribution in [2.24, 2.45) is 0 Å². The van der Waals surface area contributed by atoms with E-state index in [4.69, 9.17) is 25.5 Å². The average Bonchev–Trinajstić information content (AvgIpc) is 3.12. The van der Waals surface area contributed by atoms with Gasteiger partial charge in [0.05, 0.1) is 31.0 Å². The molecule has 1 heterocycles. The lowest BCUT2D eigenvalue weighted by Crippen LogP contribution is -2.37. The average molecular weight is 432 g/mol. The monoisotopic (exact) mass is 431 g/mol. The van der Waals surface area contributed by atoms with Crippen molar-refractivity contribution in [1.29, 1.82) is 0 Å². The maximum absolute atomic E-state index is 12.9. The third-order valence-corrected chi connectivity index (χ3v) is 3.91. The number of amides is 1. The van der Waals surface area contributed by atoms with E-state index >= 15 is 0 Å². The first-order valence-corrected chi connectivity index (χ1v) is 9.07. The number of nitrogens with zero attached hydrogens (tertiary/aromatic N) is 1. The number of ether oxygens (including phenoxy) is 2. The Balaban J connectivity index is 2.22. The van der Waals surface area contributed by atoms with Crippen LogP contribution in [0.15, 0.2) is 41.0 Å². The van der Waals surface area contributed by atoms with Crippen molar-refractivity contribution in [2.45, 2.75) is 32.7 Å². The summed E-state index contributed by atoms with van der Waals surface area (Å²) in [6.45, 7) is 1.95. The highest BCUT2D eigenvalue weighted by atomic mass is 35.5. The third kappa shape index (κ3) is 7.05. The zero-order chi connectivity index (χ0) is 21.6. The normalized spacial score (nSPS) is 11.9. The Labute approximate surface area is 171 Å². The molecule has 1 aromatic heterocycles. The zero-order valence-corrected chi connectivity index (χ0v) is 16.9. The number of carbonyl (C=O) groups is 1. The molecule has 0 saturated carbocycles. The number of furan rings is 1. The second kappa shape index (κ2) is 9.73. The summed E-state index contributed by atoms with van der Waals surface area (Å²) in [4.78, 5) is 13.0. The molecule has 5 nitrogen and oxygen atoms in total. The molecule has 158 valence electrons. The van der Waals surface area contributed by atoms with Crippen molar-refractivity contribution >= 4 is 23.6 Å². The van der Waals surface area contributed by atoms with Gasteiger partial charge in [0.25, 0.3) is 0 Å². The van der Waals surface area contributed by atoms with Gasteiger partial charge in [-0.3, -0.25) is 4.79 Å². The molecule has 0 aliphatic heterocycles. The lowest BCUT2D eigenvalue weighted by Gasteiger charge is -2.21. The van der Waals surface area contributed by atoms with E-state index in [2.05, 4.69) is 0 Å². The molecular weight excluding hydrogens is 411 g/mol. The summed E-state index contributed by atoms with van der Waals surface area (Å²) in [6.07, 6.45) is -0.944. The van der Waals surface area contributed by atoms with Crippen molar-refractivity contribution in [3.05, 3.63) is 53.0 Å². The van der Waals surface area contributed by atoms with E-state index in [1.165, 1.54) is 37.6 Å². The summed E-state index contributed by atoms with van der Waals surface area (Å²) in [6, 6.07) is 6.15. The van der Waals surface area contributed by atoms with E-state index in [9.17, 15) is 18.0 Å². The van der Waals surface area contributed by atoms with Crippen LogP contribution in [0.5, 0.6) is 11.5 Å². The van der Waals surface area contributed by atoms with Gasteiger partial charge in [-0.25, -0.2) is 0 Å². The molecule has 2 aromatic rings. The highest BCUT2D eigenvalue weighted by Crippen LogP contribution is 2.37. The molecule has 0 unspecified atom stereocenters. The molecule has 0 aliphatic rings. The molecule has 0 radical (unpaired) electrons. The number of hydrogen-bond acceptors (Lipinski definition) is 4. The topological polar surface area (TPSA) is 51.9 Å². The summed E-state index contributed by atoms with van der Waals surface area (Å²) in [5.41, 5.74) is 0.473. The van der Waals surface area contributed by atoms with E-state index < -0.39 is 18.6 Å². The number of benzene rings is 1. The van der Waals surface area contributed by atoms with Gasteiger partial charge in [0.2, 0.25) is 5.91 Å². The standard InChI is InChI=1S/C20H21ClF3NO4/c1-13(2)29-19-16(21)9-14(10-17(19)27-3)6-7-18(26)25(12-20(22,23)24)11-15-5-4-8-28-15/h4-10,13H,11-12H2,1-3H3/b7-6+. The van der Waals surface area contributed by atoms with Gasteiger partial charge in [-0.1, -0.05) is 11.6 Å². The third-order valence-electron chi connectivity index (χ3n) is 3.63. The van der Waals surface area contributed by atoms with E-state index in [1.807, 2.05) is 13.8 Å². The molecule has 1 amide bonds. The summed E-state index contributed by atoms with van der Waals surface area (Å²) < 4.78 is 54.5. The van der Waals surface area contributed by atoms with Crippen LogP contribution in [-0.2, 0) is 11.3 Å². The van der Waals surface area contributed by atoms with Crippen LogP contribution in [0.25, 0.3) is 6.08 Å². The highest BCUT2D eigenvalue weighted by molar-refractivity contribution is 6.32. The van der Waals surface area contributed by atoms with Crippen molar-refractivity contribution in [3.8, 4) is 11.5 Å². The maximum atomic E-state index is 12.9. The molecular formula is C20H21ClF3NO4. The van der Waals surface area contributed by atoms with Crippen LogP contribution in [0.3, 0.4) is 0 Å². The van der Waals surface area contributed by atoms with Gasteiger partial charge in [-0.15, -0.1) is 0 Å². The molecule has 1 aromatic carbocycles. The number of carbonyl (C=O) groups excluding carboxylic acids is 1. The van der Waals surface area contributed by atoms with Gasteiger partial charge >= 0.3 is 6.18 Å². The van der Waals surface area contributed by atoms with Gasteiger partial charge in [-0.05, 0) is 49.8 Å². The summed E-state index contributed by atoms with van der Waals surface area (Å²) >= 11 is 6.22. The van der Waals surface area contributed by atoms with Crippen molar-refractivity contribution in [1.82, 2.24) is 4.90 Å². The van der Waals surface area contributed by atoms with Gasteiger partial charge in [0.1, 0.15) is 12.3 Å². The molecule has 0 atom stereocenters. The number of hydrogen-bond donors (Lipinski definition) is 0. The molecule has 0 aliphatic carbocycles. The molecule has 0 saturated heterocycles. The van der Waals surface area contributed by atoms with Crippen molar-refractivity contribution in [2.75, 3.05) is 13.7 Å². The molecule has 0 bridgehead atoms. The number of alkyl halides is 3. The molecule has 0 spiro atoms. The smallest absolute Gasteiger partial charge is 0.406 e. The van der Waals surface area contributed by atoms with E-state index in [0.29, 0.717) is 22.0 Å². The summed E-state index contributed by atoms with van der Waals surface area (Å²) in [7, 11) is 1.44. The van der Waals surface area contributed by atoms with E-state index in [0.717, 1.165) is 6.08 Å². The Morgan fingerprint density at radius 3 is 2.62 bits per heavy atom. The second-order valence-corrected chi connectivity index (χ2v) is 6.83. The van der Waals surface area contributed by atoms with Gasteiger partial charge < -0.3 is 18.8 Å².